The molecule has 6 nitrogen and oxygen atoms in total. The Hall–Kier alpha value is -1.66. The van der Waals surface area contributed by atoms with Crippen LogP contribution in [0.4, 0.5) is 11.5 Å². The molecule has 132 valence electrons. The van der Waals surface area contributed by atoms with Crippen LogP contribution in [-0.4, -0.2) is 73.6 Å². The Bertz CT molecular complexity index is 531. The number of likely N-dealkylation sites (tertiary alicyclic amines) is 1. The highest BCUT2D eigenvalue weighted by Crippen LogP contribution is 2.17. The van der Waals surface area contributed by atoms with Crippen LogP contribution >= 0.6 is 0 Å². The molecule has 24 heavy (non-hydrogen) atoms. The van der Waals surface area contributed by atoms with E-state index in [0.717, 1.165) is 56.7 Å². The maximum absolute atomic E-state index is 12.2. The fourth-order valence-corrected chi connectivity index (χ4v) is 3.31. The highest BCUT2D eigenvalue weighted by Gasteiger charge is 2.18. The number of nitrogens with one attached hydrogen (secondary N) is 1. The third-order valence-corrected chi connectivity index (χ3v) is 5.10. The quantitative estimate of drug-likeness (QED) is 0.906. The van der Waals surface area contributed by atoms with Gasteiger partial charge in [0.15, 0.2) is 0 Å². The summed E-state index contributed by atoms with van der Waals surface area (Å²) in [4.78, 5) is 23.6. The van der Waals surface area contributed by atoms with Crippen LogP contribution in [0.3, 0.4) is 0 Å². The van der Waals surface area contributed by atoms with Crippen LogP contribution in [0.1, 0.15) is 19.8 Å². The Balaban J connectivity index is 1.48. The fourth-order valence-electron chi connectivity index (χ4n) is 3.31. The van der Waals surface area contributed by atoms with Gasteiger partial charge in [-0.15, -0.1) is 0 Å². The molecule has 0 atom stereocenters. The zero-order chi connectivity index (χ0) is 16.9. The van der Waals surface area contributed by atoms with Gasteiger partial charge in [0.05, 0.1) is 18.4 Å². The Labute approximate surface area is 144 Å². The number of rotatable bonds is 4. The van der Waals surface area contributed by atoms with Crippen LogP contribution in [0.5, 0.6) is 0 Å². The Kier molecular flexibility index (Phi) is 5.68. The predicted octanol–water partition coefficient (Wildman–Crippen LogP) is 1.50. The number of hydrogen-bond donors (Lipinski definition) is 1. The summed E-state index contributed by atoms with van der Waals surface area (Å²) in [6.07, 6.45) is 4.15. The van der Waals surface area contributed by atoms with Gasteiger partial charge in [-0.1, -0.05) is 6.92 Å². The zero-order valence-electron chi connectivity index (χ0n) is 14.9. The van der Waals surface area contributed by atoms with Gasteiger partial charge in [0, 0.05) is 26.2 Å². The summed E-state index contributed by atoms with van der Waals surface area (Å²) < 4.78 is 0. The van der Waals surface area contributed by atoms with Crippen molar-refractivity contribution in [3.05, 3.63) is 18.3 Å². The first-order chi connectivity index (χ1) is 11.6. The largest absolute Gasteiger partial charge is 0.354 e. The number of hydrogen-bond acceptors (Lipinski definition) is 5. The average molecular weight is 331 g/mol. The van der Waals surface area contributed by atoms with Crippen molar-refractivity contribution in [2.75, 3.05) is 63.1 Å². The lowest BCUT2D eigenvalue weighted by atomic mass is 9.99. The van der Waals surface area contributed by atoms with E-state index in [-0.39, 0.29) is 5.91 Å². The van der Waals surface area contributed by atoms with Crippen LogP contribution in [-0.2, 0) is 4.79 Å². The summed E-state index contributed by atoms with van der Waals surface area (Å²) in [7, 11) is 2.15. The second kappa shape index (κ2) is 7.94. The zero-order valence-corrected chi connectivity index (χ0v) is 14.9. The third kappa shape index (κ3) is 4.68. The van der Waals surface area contributed by atoms with E-state index in [1.54, 1.807) is 6.20 Å². The number of likely N-dealkylation sites (N-methyl/N-ethyl adjacent to an activating group) is 1. The topological polar surface area (TPSA) is 51.7 Å². The number of carbonyl (C=O) groups is 1. The van der Waals surface area contributed by atoms with Crippen molar-refractivity contribution >= 4 is 17.4 Å². The van der Waals surface area contributed by atoms with E-state index in [4.69, 9.17) is 0 Å². The first kappa shape index (κ1) is 17.2. The average Bonchev–Trinajstić information content (AvgIpc) is 2.58. The Morgan fingerprint density at radius 3 is 2.50 bits per heavy atom. The standard InChI is InChI=1S/C18H29N5O/c1-15-5-7-22(8-6-15)14-18(24)20-16-3-4-17(19-13-16)23-11-9-21(2)10-12-23/h3-4,13,15H,5-12,14H2,1-2H3,(H,20,24). The molecule has 0 spiro atoms. The molecule has 3 heterocycles. The molecule has 2 saturated heterocycles. The maximum atomic E-state index is 12.2. The van der Waals surface area contributed by atoms with Crippen molar-refractivity contribution < 1.29 is 4.79 Å². The molecule has 1 N–H and O–H groups in total. The molecular formula is C18H29N5O. The molecule has 0 unspecified atom stereocenters. The summed E-state index contributed by atoms with van der Waals surface area (Å²) in [6.45, 7) is 8.94. The molecule has 0 bridgehead atoms. The van der Waals surface area contributed by atoms with Gasteiger partial charge in [0.2, 0.25) is 5.91 Å². The molecule has 1 aromatic heterocycles. The number of carbonyl (C=O) groups excluding carboxylic acids is 1. The van der Waals surface area contributed by atoms with Crippen LogP contribution < -0.4 is 10.2 Å². The van der Waals surface area contributed by atoms with Gasteiger partial charge in [0.25, 0.3) is 0 Å². The van der Waals surface area contributed by atoms with E-state index >= 15 is 0 Å². The first-order valence-corrected chi connectivity index (χ1v) is 9.02. The van der Waals surface area contributed by atoms with Crippen LogP contribution in [0, 0.1) is 5.92 Å². The number of pyridine rings is 1. The SMILES string of the molecule is CC1CCN(CC(=O)Nc2ccc(N3CCN(C)CC3)nc2)CC1. The maximum Gasteiger partial charge on any atom is 0.238 e. The predicted molar refractivity (Wildman–Crippen MR) is 97.4 cm³/mol. The van der Waals surface area contributed by atoms with Gasteiger partial charge in [0.1, 0.15) is 5.82 Å². The molecule has 2 fully saturated rings. The molecule has 0 aromatic carbocycles. The molecular weight excluding hydrogens is 302 g/mol. The molecule has 3 rings (SSSR count). The lowest BCUT2D eigenvalue weighted by Crippen LogP contribution is -2.44. The van der Waals surface area contributed by atoms with E-state index in [0.29, 0.717) is 6.54 Å². The van der Waals surface area contributed by atoms with E-state index in [1.807, 2.05) is 12.1 Å². The second-order valence-corrected chi connectivity index (χ2v) is 7.20. The van der Waals surface area contributed by atoms with Crippen molar-refractivity contribution in [1.29, 1.82) is 0 Å². The molecule has 0 saturated carbocycles. The number of anilines is 2. The highest BCUT2D eigenvalue weighted by atomic mass is 16.2. The summed E-state index contributed by atoms with van der Waals surface area (Å²) in [5.74, 6) is 1.83. The Morgan fingerprint density at radius 1 is 1.17 bits per heavy atom. The van der Waals surface area contributed by atoms with E-state index < -0.39 is 0 Å². The molecule has 1 amide bonds. The molecule has 1 aromatic rings. The van der Waals surface area contributed by atoms with Gasteiger partial charge in [-0.2, -0.15) is 0 Å². The van der Waals surface area contributed by atoms with E-state index in [2.05, 4.69) is 39.0 Å². The number of piperazine rings is 1. The molecule has 0 aliphatic carbocycles. The lowest BCUT2D eigenvalue weighted by molar-refractivity contribution is -0.117. The summed E-state index contributed by atoms with van der Waals surface area (Å²) in [6, 6.07) is 3.96. The fraction of sp³-hybridized carbons (Fsp3) is 0.667. The normalized spacial score (nSPS) is 21.0. The van der Waals surface area contributed by atoms with Gasteiger partial charge in [-0.3, -0.25) is 9.69 Å². The van der Waals surface area contributed by atoms with Crippen molar-refractivity contribution in [2.45, 2.75) is 19.8 Å². The monoisotopic (exact) mass is 331 g/mol. The van der Waals surface area contributed by atoms with Crippen LogP contribution in [0.15, 0.2) is 18.3 Å². The van der Waals surface area contributed by atoms with Crippen LogP contribution in [0.2, 0.25) is 0 Å². The van der Waals surface area contributed by atoms with Gasteiger partial charge >= 0.3 is 0 Å². The molecule has 2 aliphatic rings. The number of nitrogens with zero attached hydrogens (tertiary/aromatic N) is 4. The number of amides is 1. The van der Waals surface area contributed by atoms with Gasteiger partial charge < -0.3 is 15.1 Å². The van der Waals surface area contributed by atoms with Crippen molar-refractivity contribution in [1.82, 2.24) is 14.8 Å². The van der Waals surface area contributed by atoms with Gasteiger partial charge in [-0.05, 0) is 51.0 Å². The first-order valence-electron chi connectivity index (χ1n) is 9.02. The smallest absolute Gasteiger partial charge is 0.238 e. The molecule has 6 heteroatoms. The summed E-state index contributed by atoms with van der Waals surface area (Å²) in [5.41, 5.74) is 0.781. The molecule has 0 radical (unpaired) electrons. The van der Waals surface area contributed by atoms with Gasteiger partial charge in [-0.25, -0.2) is 4.98 Å². The van der Waals surface area contributed by atoms with E-state index in [9.17, 15) is 4.79 Å². The lowest BCUT2D eigenvalue weighted by Gasteiger charge is -2.33. The number of piperidine rings is 1. The second-order valence-electron chi connectivity index (χ2n) is 7.20. The summed E-state index contributed by atoms with van der Waals surface area (Å²) >= 11 is 0. The minimum Gasteiger partial charge on any atom is -0.354 e. The Morgan fingerprint density at radius 2 is 1.88 bits per heavy atom. The van der Waals surface area contributed by atoms with Crippen molar-refractivity contribution in [2.24, 2.45) is 5.92 Å². The third-order valence-electron chi connectivity index (χ3n) is 5.10. The minimum absolute atomic E-state index is 0.0544. The highest BCUT2D eigenvalue weighted by molar-refractivity contribution is 5.92. The van der Waals surface area contributed by atoms with Crippen LogP contribution in [0.25, 0.3) is 0 Å². The van der Waals surface area contributed by atoms with Crippen molar-refractivity contribution in [3.8, 4) is 0 Å². The van der Waals surface area contributed by atoms with Crippen molar-refractivity contribution in [3.63, 3.8) is 0 Å². The minimum atomic E-state index is 0.0544. The summed E-state index contributed by atoms with van der Waals surface area (Å²) in [5, 5.41) is 2.97. The molecule has 2 aliphatic heterocycles. The van der Waals surface area contributed by atoms with E-state index in [1.165, 1.54) is 12.8 Å². The number of aromatic nitrogens is 1.